The highest BCUT2D eigenvalue weighted by Gasteiger charge is 2.16. The highest BCUT2D eigenvalue weighted by Crippen LogP contribution is 2.29. The van der Waals surface area contributed by atoms with Crippen molar-refractivity contribution < 1.29 is 14.3 Å². The van der Waals surface area contributed by atoms with Crippen LogP contribution in [0.3, 0.4) is 0 Å². The van der Waals surface area contributed by atoms with Crippen molar-refractivity contribution in [2.24, 2.45) is 0 Å². The number of carbonyl (C=O) groups is 1. The van der Waals surface area contributed by atoms with Crippen LogP contribution in [0, 0.1) is 6.92 Å². The summed E-state index contributed by atoms with van der Waals surface area (Å²) >= 11 is 5.94. The summed E-state index contributed by atoms with van der Waals surface area (Å²) in [5.74, 6) is 1.23. The molecule has 0 saturated heterocycles. The summed E-state index contributed by atoms with van der Waals surface area (Å²) < 4.78 is 12.1. The first-order valence-corrected chi connectivity index (χ1v) is 7.53. The van der Waals surface area contributed by atoms with Gasteiger partial charge in [0.1, 0.15) is 18.0 Å². The van der Waals surface area contributed by atoms with Gasteiger partial charge in [-0.2, -0.15) is 5.10 Å². The molecule has 0 aliphatic carbocycles. The molecule has 0 aliphatic rings. The van der Waals surface area contributed by atoms with Gasteiger partial charge >= 0.3 is 0 Å². The molecule has 0 aliphatic heterocycles. The average Bonchev–Trinajstić information content (AvgIpc) is 2.86. The van der Waals surface area contributed by atoms with E-state index in [0.29, 0.717) is 16.5 Å². The second kappa shape index (κ2) is 7.37. The lowest BCUT2D eigenvalue weighted by atomic mass is 10.1. The van der Waals surface area contributed by atoms with E-state index in [1.54, 1.807) is 18.9 Å². The van der Waals surface area contributed by atoms with E-state index in [2.05, 4.69) is 10.4 Å². The number of halogens is 1. The van der Waals surface area contributed by atoms with Crippen molar-refractivity contribution in [3.63, 3.8) is 0 Å². The van der Waals surface area contributed by atoms with Crippen LogP contribution in [0.1, 0.15) is 24.2 Å². The van der Waals surface area contributed by atoms with Gasteiger partial charge in [-0.3, -0.25) is 9.48 Å². The van der Waals surface area contributed by atoms with Crippen molar-refractivity contribution in [1.29, 1.82) is 0 Å². The van der Waals surface area contributed by atoms with E-state index in [1.165, 1.54) is 6.20 Å². The number of carbonyl (C=O) groups excluding carboxylic acids is 1. The van der Waals surface area contributed by atoms with Gasteiger partial charge in [0.25, 0.3) is 0 Å². The number of hydrogen-bond acceptors (Lipinski definition) is 4. The summed E-state index contributed by atoms with van der Waals surface area (Å²) in [5, 5.41) is 7.55. The molecule has 0 bridgehead atoms. The number of aromatic nitrogens is 2. The maximum atomic E-state index is 12.2. The number of nitrogens with one attached hydrogen (secondary N) is 1. The molecule has 1 atom stereocenters. The van der Waals surface area contributed by atoms with Crippen molar-refractivity contribution >= 4 is 17.5 Å². The largest absolute Gasteiger partial charge is 0.497 e. The Labute approximate surface area is 140 Å². The van der Waals surface area contributed by atoms with E-state index in [1.807, 2.05) is 32.0 Å². The van der Waals surface area contributed by atoms with Crippen molar-refractivity contribution in [2.75, 3.05) is 14.2 Å². The third-order valence-corrected chi connectivity index (χ3v) is 3.99. The zero-order valence-corrected chi connectivity index (χ0v) is 14.3. The summed E-state index contributed by atoms with van der Waals surface area (Å²) in [4.78, 5) is 12.2. The molecule has 0 fully saturated rings. The lowest BCUT2D eigenvalue weighted by Gasteiger charge is -2.18. The van der Waals surface area contributed by atoms with Crippen LogP contribution in [0.5, 0.6) is 11.5 Å². The minimum Gasteiger partial charge on any atom is -0.497 e. The molecule has 0 saturated carbocycles. The zero-order chi connectivity index (χ0) is 17.0. The molecular formula is C16H20ClN3O3. The van der Waals surface area contributed by atoms with E-state index in [4.69, 9.17) is 21.1 Å². The highest BCUT2D eigenvalue weighted by atomic mass is 35.5. The minimum absolute atomic E-state index is 0.106. The SMILES string of the molecule is COc1ccc(OC)c(C(C)NC(=O)Cn2ncc(Cl)c2C)c1. The van der Waals surface area contributed by atoms with E-state index in [9.17, 15) is 4.79 Å². The summed E-state index contributed by atoms with van der Waals surface area (Å²) in [6.07, 6.45) is 1.53. The molecule has 1 N–H and O–H groups in total. The van der Waals surface area contributed by atoms with E-state index in [0.717, 1.165) is 11.3 Å². The van der Waals surface area contributed by atoms with Crippen LogP contribution >= 0.6 is 11.6 Å². The van der Waals surface area contributed by atoms with Crippen molar-refractivity contribution in [1.82, 2.24) is 15.1 Å². The van der Waals surface area contributed by atoms with Crippen LogP contribution in [0.15, 0.2) is 24.4 Å². The van der Waals surface area contributed by atoms with Crippen LogP contribution in [0.25, 0.3) is 0 Å². The van der Waals surface area contributed by atoms with Gasteiger partial charge < -0.3 is 14.8 Å². The Kier molecular flexibility index (Phi) is 5.50. The quantitative estimate of drug-likeness (QED) is 0.880. The van der Waals surface area contributed by atoms with Gasteiger partial charge in [-0.05, 0) is 32.0 Å². The predicted molar refractivity (Wildman–Crippen MR) is 88.1 cm³/mol. The number of benzene rings is 1. The fraction of sp³-hybridized carbons (Fsp3) is 0.375. The molecule has 6 nitrogen and oxygen atoms in total. The van der Waals surface area contributed by atoms with E-state index in [-0.39, 0.29) is 18.5 Å². The molecule has 1 heterocycles. The first-order valence-electron chi connectivity index (χ1n) is 7.15. The lowest BCUT2D eigenvalue weighted by molar-refractivity contribution is -0.122. The van der Waals surface area contributed by atoms with Gasteiger partial charge in [-0.1, -0.05) is 11.6 Å². The van der Waals surface area contributed by atoms with Crippen LogP contribution < -0.4 is 14.8 Å². The summed E-state index contributed by atoms with van der Waals surface area (Å²) in [5.41, 5.74) is 1.60. The number of rotatable bonds is 6. The number of hydrogen-bond donors (Lipinski definition) is 1. The molecule has 0 radical (unpaired) electrons. The molecule has 1 aromatic heterocycles. The topological polar surface area (TPSA) is 65.4 Å². The fourth-order valence-corrected chi connectivity index (χ4v) is 2.40. The molecule has 124 valence electrons. The Hall–Kier alpha value is -2.21. The molecule has 1 aromatic carbocycles. The smallest absolute Gasteiger partial charge is 0.242 e. The van der Waals surface area contributed by atoms with Gasteiger partial charge in [0, 0.05) is 5.56 Å². The highest BCUT2D eigenvalue weighted by molar-refractivity contribution is 6.31. The monoisotopic (exact) mass is 337 g/mol. The number of methoxy groups -OCH3 is 2. The van der Waals surface area contributed by atoms with Crippen LogP contribution in [-0.2, 0) is 11.3 Å². The van der Waals surface area contributed by atoms with Crippen molar-refractivity contribution in [2.45, 2.75) is 26.4 Å². The zero-order valence-electron chi connectivity index (χ0n) is 13.6. The predicted octanol–water partition coefficient (Wildman–Crippen LogP) is 2.74. The Morgan fingerprint density at radius 3 is 2.70 bits per heavy atom. The number of amides is 1. The van der Waals surface area contributed by atoms with Gasteiger partial charge in [0.2, 0.25) is 5.91 Å². The van der Waals surface area contributed by atoms with Crippen molar-refractivity contribution in [3.8, 4) is 11.5 Å². The standard InChI is InChI=1S/C16H20ClN3O3/c1-10(13-7-12(22-3)5-6-15(13)23-4)19-16(21)9-20-11(2)14(17)8-18-20/h5-8,10H,9H2,1-4H3,(H,19,21). The van der Waals surface area contributed by atoms with Crippen molar-refractivity contribution in [3.05, 3.63) is 40.7 Å². The van der Waals surface area contributed by atoms with Crippen LogP contribution in [-0.4, -0.2) is 29.9 Å². The fourth-order valence-electron chi connectivity index (χ4n) is 2.26. The van der Waals surface area contributed by atoms with Gasteiger partial charge in [0.15, 0.2) is 0 Å². The third kappa shape index (κ3) is 3.96. The Morgan fingerprint density at radius 1 is 1.39 bits per heavy atom. The van der Waals surface area contributed by atoms with E-state index >= 15 is 0 Å². The lowest BCUT2D eigenvalue weighted by Crippen LogP contribution is -2.31. The molecule has 0 spiro atoms. The van der Waals surface area contributed by atoms with Crippen LogP contribution in [0.4, 0.5) is 0 Å². The Balaban J connectivity index is 2.10. The first-order chi connectivity index (χ1) is 11.0. The van der Waals surface area contributed by atoms with Gasteiger partial charge in [-0.25, -0.2) is 0 Å². The average molecular weight is 338 g/mol. The molecule has 7 heteroatoms. The normalized spacial score (nSPS) is 11.9. The second-order valence-corrected chi connectivity index (χ2v) is 5.54. The van der Waals surface area contributed by atoms with Crippen LogP contribution in [0.2, 0.25) is 5.02 Å². The third-order valence-electron chi connectivity index (χ3n) is 3.62. The second-order valence-electron chi connectivity index (χ2n) is 5.13. The first kappa shape index (κ1) is 17.1. The van der Waals surface area contributed by atoms with Gasteiger partial charge in [0.05, 0.1) is 37.2 Å². The number of nitrogens with zero attached hydrogens (tertiary/aromatic N) is 2. The maximum absolute atomic E-state index is 12.2. The van der Waals surface area contributed by atoms with E-state index < -0.39 is 0 Å². The summed E-state index contributed by atoms with van der Waals surface area (Å²) in [7, 11) is 3.19. The molecule has 2 aromatic rings. The molecule has 1 amide bonds. The minimum atomic E-state index is -0.237. The number of ether oxygens (including phenoxy) is 2. The molecular weight excluding hydrogens is 318 g/mol. The summed E-state index contributed by atoms with van der Waals surface area (Å²) in [6.45, 7) is 3.81. The molecule has 23 heavy (non-hydrogen) atoms. The maximum Gasteiger partial charge on any atom is 0.242 e. The molecule has 2 rings (SSSR count). The Morgan fingerprint density at radius 2 is 2.13 bits per heavy atom. The van der Waals surface area contributed by atoms with Gasteiger partial charge in [-0.15, -0.1) is 0 Å². The summed E-state index contributed by atoms with van der Waals surface area (Å²) in [6, 6.07) is 5.24. The molecule has 1 unspecified atom stereocenters. The Bertz CT molecular complexity index is 700.